The molecule has 2 aromatic carbocycles. The molecule has 2 heterocycles. The Kier molecular flexibility index (Phi) is 6.93. The molecule has 0 bridgehead atoms. The molecule has 1 aliphatic carbocycles. The van der Waals surface area contributed by atoms with Crippen molar-refractivity contribution in [1.29, 1.82) is 0 Å². The highest BCUT2D eigenvalue weighted by Gasteiger charge is 2.26. The Labute approximate surface area is 200 Å². The van der Waals surface area contributed by atoms with E-state index in [0.29, 0.717) is 6.61 Å². The van der Waals surface area contributed by atoms with Gasteiger partial charge in [-0.2, -0.15) is 5.10 Å². The van der Waals surface area contributed by atoms with Crippen molar-refractivity contribution in [3.63, 3.8) is 0 Å². The van der Waals surface area contributed by atoms with Gasteiger partial charge in [0.05, 0.1) is 5.56 Å². The van der Waals surface area contributed by atoms with Crippen molar-refractivity contribution in [2.45, 2.75) is 38.3 Å². The summed E-state index contributed by atoms with van der Waals surface area (Å²) in [6.07, 6.45) is 11.0. The van der Waals surface area contributed by atoms with E-state index < -0.39 is 0 Å². The lowest BCUT2D eigenvalue weighted by Gasteiger charge is -2.37. The highest BCUT2D eigenvalue weighted by molar-refractivity contribution is 6.30. The van der Waals surface area contributed by atoms with Gasteiger partial charge >= 0.3 is 0 Å². The van der Waals surface area contributed by atoms with Gasteiger partial charge in [0.1, 0.15) is 18.7 Å². The first-order valence-corrected chi connectivity index (χ1v) is 12.2. The number of piperazine rings is 1. The molecule has 0 atom stereocenters. The lowest BCUT2D eigenvalue weighted by atomic mass is 10.1. The second-order valence-corrected chi connectivity index (χ2v) is 9.17. The fourth-order valence-corrected chi connectivity index (χ4v) is 4.85. The molecule has 0 amide bonds. The Morgan fingerprint density at radius 2 is 1.76 bits per heavy atom. The molecule has 5 rings (SSSR count). The van der Waals surface area contributed by atoms with Crippen LogP contribution in [0.15, 0.2) is 72.4 Å². The summed E-state index contributed by atoms with van der Waals surface area (Å²) >= 11 is 6.02. The van der Waals surface area contributed by atoms with Crippen molar-refractivity contribution in [1.82, 2.24) is 19.5 Å². The molecule has 1 aromatic heterocycles. The predicted molar refractivity (Wildman–Crippen MR) is 132 cm³/mol. The van der Waals surface area contributed by atoms with E-state index in [-0.39, 0.29) is 0 Å². The second-order valence-electron chi connectivity index (χ2n) is 8.73. The molecule has 2 aliphatic rings. The zero-order chi connectivity index (χ0) is 22.5. The second kappa shape index (κ2) is 10.4. The lowest BCUT2D eigenvalue weighted by molar-refractivity contribution is 0.100. The van der Waals surface area contributed by atoms with Crippen LogP contribution in [0.4, 0.5) is 0 Å². The van der Waals surface area contributed by atoms with E-state index in [1.165, 1.54) is 25.7 Å². The summed E-state index contributed by atoms with van der Waals surface area (Å²) in [7, 11) is 0. The van der Waals surface area contributed by atoms with Crippen LogP contribution in [0.2, 0.25) is 5.02 Å². The number of hydrogen-bond donors (Lipinski definition) is 0. The van der Waals surface area contributed by atoms with E-state index in [2.05, 4.69) is 21.0 Å². The Hall–Kier alpha value is -2.83. The molecular formula is C26H30ClN5O. The summed E-state index contributed by atoms with van der Waals surface area (Å²) in [5.74, 6) is 1.62. The Morgan fingerprint density at radius 3 is 2.48 bits per heavy atom. The summed E-state index contributed by atoms with van der Waals surface area (Å²) in [5, 5.41) is 8.00. The van der Waals surface area contributed by atoms with Gasteiger partial charge in [-0.05, 0) is 42.7 Å². The van der Waals surface area contributed by atoms with Crippen molar-refractivity contribution in [2.75, 3.05) is 26.2 Å². The van der Waals surface area contributed by atoms with E-state index in [4.69, 9.17) is 21.4 Å². The maximum atomic E-state index is 6.23. The number of imidazole rings is 1. The molecule has 0 unspecified atom stereocenters. The number of rotatable bonds is 6. The maximum Gasteiger partial charge on any atom is 0.169 e. The number of hydrazone groups is 1. The van der Waals surface area contributed by atoms with E-state index in [1.807, 2.05) is 53.2 Å². The van der Waals surface area contributed by atoms with Crippen LogP contribution in [0, 0.1) is 0 Å². The fourth-order valence-electron chi connectivity index (χ4n) is 4.73. The molecule has 0 spiro atoms. The monoisotopic (exact) mass is 463 g/mol. The Bertz CT molecular complexity index is 1050. The number of hydrogen-bond acceptors (Lipinski definition) is 5. The smallest absolute Gasteiger partial charge is 0.169 e. The molecule has 1 saturated carbocycles. The summed E-state index contributed by atoms with van der Waals surface area (Å²) in [5.41, 5.74) is 2.01. The minimum Gasteiger partial charge on any atom is -0.488 e. The first-order chi connectivity index (χ1) is 16.3. The fraction of sp³-hybridized carbons (Fsp3) is 0.385. The molecule has 0 N–H and O–H groups in total. The molecule has 172 valence electrons. The minimum absolute atomic E-state index is 0.464. The largest absolute Gasteiger partial charge is 0.488 e. The van der Waals surface area contributed by atoms with Crippen molar-refractivity contribution < 1.29 is 4.74 Å². The zero-order valence-electron chi connectivity index (χ0n) is 18.8. The van der Waals surface area contributed by atoms with Crippen LogP contribution in [0.25, 0.3) is 0 Å². The average Bonchev–Trinajstić information content (AvgIpc) is 3.58. The van der Waals surface area contributed by atoms with Gasteiger partial charge < -0.3 is 4.74 Å². The first-order valence-electron chi connectivity index (χ1n) is 11.8. The van der Waals surface area contributed by atoms with Gasteiger partial charge in [-0.3, -0.25) is 14.5 Å². The van der Waals surface area contributed by atoms with Gasteiger partial charge in [0.15, 0.2) is 5.84 Å². The quantitative estimate of drug-likeness (QED) is 0.386. The topological polar surface area (TPSA) is 45.9 Å². The zero-order valence-corrected chi connectivity index (χ0v) is 19.6. The molecule has 3 aromatic rings. The summed E-state index contributed by atoms with van der Waals surface area (Å²) in [6.45, 7) is 4.47. The number of nitrogens with zero attached hydrogens (tertiary/aromatic N) is 5. The highest BCUT2D eigenvalue weighted by atomic mass is 35.5. The number of para-hydroxylation sites is 1. The highest BCUT2D eigenvalue weighted by Crippen LogP contribution is 2.25. The van der Waals surface area contributed by atoms with Gasteiger partial charge in [-0.15, -0.1) is 0 Å². The lowest BCUT2D eigenvalue weighted by Crippen LogP contribution is -2.48. The molecule has 1 saturated heterocycles. The third kappa shape index (κ3) is 5.40. The number of halogens is 1. The number of aromatic nitrogens is 2. The normalized spacial score (nSPS) is 18.1. The third-order valence-electron chi connectivity index (χ3n) is 6.55. The number of benzene rings is 2. The third-order valence-corrected chi connectivity index (χ3v) is 6.80. The molecule has 2 fully saturated rings. The molecule has 1 aliphatic heterocycles. The van der Waals surface area contributed by atoms with E-state index in [0.717, 1.165) is 60.0 Å². The van der Waals surface area contributed by atoms with Crippen molar-refractivity contribution in [2.24, 2.45) is 5.10 Å². The van der Waals surface area contributed by atoms with Gasteiger partial charge in [0.25, 0.3) is 0 Å². The van der Waals surface area contributed by atoms with Gasteiger partial charge in [-0.1, -0.05) is 48.7 Å². The van der Waals surface area contributed by atoms with Gasteiger partial charge in [0, 0.05) is 49.6 Å². The summed E-state index contributed by atoms with van der Waals surface area (Å²) < 4.78 is 8.20. The van der Waals surface area contributed by atoms with Crippen molar-refractivity contribution >= 4 is 17.4 Å². The molecule has 7 heteroatoms. The molecular weight excluding hydrogens is 434 g/mol. The van der Waals surface area contributed by atoms with Crippen LogP contribution in [0.5, 0.6) is 5.75 Å². The van der Waals surface area contributed by atoms with Crippen LogP contribution < -0.4 is 4.74 Å². The van der Waals surface area contributed by atoms with Crippen LogP contribution >= 0.6 is 11.6 Å². The van der Waals surface area contributed by atoms with Crippen molar-refractivity contribution in [3.8, 4) is 5.75 Å². The van der Waals surface area contributed by atoms with Crippen LogP contribution in [0.1, 0.15) is 36.8 Å². The van der Waals surface area contributed by atoms with E-state index >= 15 is 0 Å². The molecule has 0 radical (unpaired) electrons. The van der Waals surface area contributed by atoms with Gasteiger partial charge in [-0.25, -0.2) is 4.98 Å². The average molecular weight is 464 g/mol. The summed E-state index contributed by atoms with van der Waals surface area (Å²) in [6, 6.07) is 16.6. The molecule has 33 heavy (non-hydrogen) atoms. The predicted octanol–water partition coefficient (Wildman–Crippen LogP) is 4.89. The first kappa shape index (κ1) is 22.0. The standard InChI is InChI=1S/C26H30ClN5O/c27-22-11-9-21(10-12-22)19-33-25-8-4-3-7-24(25)26(31-14-13-28-20-31)29-32-17-15-30(16-18-32)23-5-1-2-6-23/h3-4,7-14,20,23H,1-2,5-6,15-19H2. The van der Waals surface area contributed by atoms with Crippen molar-refractivity contribution in [3.05, 3.63) is 83.4 Å². The SMILES string of the molecule is Clc1ccc(COc2ccccc2C(=NN2CCN(C3CCCC3)CC2)n2ccnc2)cc1. The maximum absolute atomic E-state index is 6.23. The minimum atomic E-state index is 0.464. The van der Waals surface area contributed by atoms with Crippen LogP contribution in [0.3, 0.4) is 0 Å². The Morgan fingerprint density at radius 1 is 1.00 bits per heavy atom. The molecule has 6 nitrogen and oxygen atoms in total. The summed E-state index contributed by atoms with van der Waals surface area (Å²) in [4.78, 5) is 6.91. The van der Waals surface area contributed by atoms with E-state index in [9.17, 15) is 0 Å². The van der Waals surface area contributed by atoms with Crippen LogP contribution in [-0.2, 0) is 6.61 Å². The Balaban J connectivity index is 1.35. The van der Waals surface area contributed by atoms with Gasteiger partial charge in [0.2, 0.25) is 0 Å². The number of ether oxygens (including phenoxy) is 1. The van der Waals surface area contributed by atoms with E-state index in [1.54, 1.807) is 12.5 Å². The van der Waals surface area contributed by atoms with Crippen LogP contribution in [-0.4, -0.2) is 57.5 Å².